The maximum absolute atomic E-state index is 7.50. The Bertz CT molecular complexity index is 1930. The van der Waals surface area contributed by atoms with Crippen LogP contribution in [0.25, 0.3) is 0 Å². The van der Waals surface area contributed by atoms with E-state index in [0.717, 1.165) is 0 Å². The second-order valence-electron chi connectivity index (χ2n) is 13.0. The smallest absolute Gasteiger partial charge is 1.00 e. The molecule has 0 spiro atoms. The van der Waals surface area contributed by atoms with Crippen molar-refractivity contribution >= 4 is 71.5 Å². The van der Waals surface area contributed by atoms with Gasteiger partial charge in [-0.05, 0) is 71.5 Å². The van der Waals surface area contributed by atoms with Gasteiger partial charge in [-0.15, -0.1) is 0 Å². The van der Waals surface area contributed by atoms with E-state index in [1.165, 1.54) is 47.7 Å². The van der Waals surface area contributed by atoms with Crippen LogP contribution in [0.4, 0.5) is 0 Å². The predicted molar refractivity (Wildman–Crippen MR) is 260 cm³/mol. The molecule has 61 heavy (non-hydrogen) atoms. The number of hydrogen-bond acceptors (Lipinski definition) is 0. The van der Waals surface area contributed by atoms with Gasteiger partial charge in [0.2, 0.25) is 0 Å². The van der Waals surface area contributed by atoms with Gasteiger partial charge in [-0.1, -0.05) is 273 Å². The van der Waals surface area contributed by atoms with Gasteiger partial charge in [0.15, 0.2) is 0 Å². The fraction of sp³-hybridized carbons (Fsp3) is 0. The van der Waals surface area contributed by atoms with Gasteiger partial charge in [0.1, 0.15) is 0 Å². The number of rotatable bonds is 9. The summed E-state index contributed by atoms with van der Waals surface area (Å²) in [5.74, 6) is 0. The Morgan fingerprint density at radius 1 is 0.213 bits per heavy atom. The molecule has 0 saturated heterocycles. The Balaban J connectivity index is 0.000000237. The topological polar surface area (TPSA) is 19.9 Å². The first-order chi connectivity index (χ1) is 29.3. The van der Waals surface area contributed by atoms with Crippen LogP contribution < -0.4 is 60.1 Å². The minimum absolute atomic E-state index is 0. The summed E-state index contributed by atoms with van der Waals surface area (Å²) < 4.78 is 7.50. The Morgan fingerprint density at radius 3 is 0.377 bits per heavy atom. The van der Waals surface area contributed by atoms with Gasteiger partial charge in [-0.3, -0.25) is 0 Å². The molecule has 0 N–H and O–H groups in total. The standard InChI is InChI=1S/3C18H15P.CO.ClH.Ru.H/c3*1-4-10-16(11-5-1)19(17-12-6-2-7-13-17)18-14-8-3-9-15-18;1-2;;;/h3*1-15H;;1H;;/q;;;;;+2;-1/p-1. The summed E-state index contributed by atoms with van der Waals surface area (Å²) in [6.07, 6.45) is 0. The molecule has 9 aromatic carbocycles. The quantitative estimate of drug-likeness (QED) is 0.0623. The monoisotopic (exact) mass is 952 g/mol. The van der Waals surface area contributed by atoms with Crippen molar-refractivity contribution in [3.63, 3.8) is 0 Å². The zero-order valence-corrected chi connectivity index (χ0v) is 38.6. The maximum atomic E-state index is 7.50. The molecule has 9 aromatic rings. The van der Waals surface area contributed by atoms with Crippen molar-refractivity contribution in [1.29, 1.82) is 0 Å². The minimum Gasteiger partial charge on any atom is -1.00 e. The van der Waals surface area contributed by atoms with Crippen molar-refractivity contribution in [2.75, 3.05) is 0 Å². The average molecular weight is 952 g/mol. The van der Waals surface area contributed by atoms with Crippen LogP contribution in [0.5, 0.6) is 0 Å². The minimum atomic E-state index is -0.446. The largest absolute Gasteiger partial charge is 2.00 e. The molecule has 0 radical (unpaired) electrons. The van der Waals surface area contributed by atoms with E-state index in [4.69, 9.17) is 4.65 Å². The van der Waals surface area contributed by atoms with Crippen LogP contribution in [0.3, 0.4) is 0 Å². The van der Waals surface area contributed by atoms with Crippen molar-refractivity contribution in [2.24, 2.45) is 0 Å². The van der Waals surface area contributed by atoms with Crippen LogP contribution in [-0.2, 0) is 24.1 Å². The first kappa shape index (κ1) is 48.6. The third-order valence-electron chi connectivity index (χ3n) is 9.13. The summed E-state index contributed by atoms with van der Waals surface area (Å²) in [5.41, 5.74) is 0. The zero-order valence-electron chi connectivity index (χ0n) is 34.5. The number of halogens is 1. The number of benzene rings is 9. The molecule has 9 rings (SSSR count). The summed E-state index contributed by atoms with van der Waals surface area (Å²) in [6, 6.07) is 97.0. The van der Waals surface area contributed by atoms with Crippen molar-refractivity contribution in [3.8, 4) is 0 Å². The Hall–Kier alpha value is -5.08. The summed E-state index contributed by atoms with van der Waals surface area (Å²) in [4.78, 5) is 0. The summed E-state index contributed by atoms with van der Waals surface area (Å²) in [7, 11) is -1.34. The van der Waals surface area contributed by atoms with Crippen molar-refractivity contribution in [2.45, 2.75) is 0 Å². The van der Waals surface area contributed by atoms with E-state index in [0.29, 0.717) is 0 Å². The third kappa shape index (κ3) is 14.5. The molecule has 0 atom stereocenters. The molecule has 0 aliphatic rings. The average Bonchev–Trinajstić information content (AvgIpc) is 3.34. The zero-order chi connectivity index (χ0) is 40.7. The molecule has 0 amide bonds. The van der Waals surface area contributed by atoms with Gasteiger partial charge in [-0.2, -0.15) is 0 Å². The van der Waals surface area contributed by atoms with Crippen LogP contribution in [0.1, 0.15) is 1.43 Å². The van der Waals surface area contributed by atoms with Crippen LogP contribution in [0.15, 0.2) is 273 Å². The SMILES string of the molecule is [C-]#[O+].[Cl-].[H-].[Ru+2].c1ccc(P(c2ccccc2)c2ccccc2)cc1.c1ccc(P(c2ccccc2)c2ccccc2)cc1.c1ccc(P(c2ccccc2)c2ccccc2)cc1. The second kappa shape index (κ2) is 27.7. The molecule has 0 aliphatic heterocycles. The van der Waals surface area contributed by atoms with Gasteiger partial charge in [0.05, 0.1) is 0 Å². The molecule has 0 saturated carbocycles. The van der Waals surface area contributed by atoms with Crippen molar-refractivity contribution in [3.05, 3.63) is 280 Å². The fourth-order valence-electron chi connectivity index (χ4n) is 6.54. The summed E-state index contributed by atoms with van der Waals surface area (Å²) >= 11 is 0. The third-order valence-corrected chi connectivity index (χ3v) is 16.5. The van der Waals surface area contributed by atoms with E-state index in [2.05, 4.69) is 280 Å². The van der Waals surface area contributed by atoms with Gasteiger partial charge in [-0.25, -0.2) is 0 Å². The Labute approximate surface area is 386 Å². The second-order valence-corrected chi connectivity index (χ2v) is 19.7. The van der Waals surface area contributed by atoms with E-state index >= 15 is 0 Å². The van der Waals surface area contributed by atoms with Gasteiger partial charge in [0.25, 0.3) is 0 Å². The molecule has 6 heteroatoms. The van der Waals surface area contributed by atoms with Crippen LogP contribution in [0.2, 0.25) is 0 Å². The molecular formula is C55H46ClOP3Ru. The molecule has 0 bridgehead atoms. The molecule has 0 fully saturated rings. The van der Waals surface area contributed by atoms with Gasteiger partial charge >= 0.3 is 30.8 Å². The van der Waals surface area contributed by atoms with E-state index in [9.17, 15) is 0 Å². The molecule has 0 unspecified atom stereocenters. The van der Waals surface area contributed by atoms with Crippen molar-refractivity contribution in [1.82, 2.24) is 0 Å². The van der Waals surface area contributed by atoms with Gasteiger partial charge in [0, 0.05) is 0 Å². The van der Waals surface area contributed by atoms with E-state index < -0.39 is 23.8 Å². The maximum Gasteiger partial charge on any atom is 2.00 e. The normalized spacial score (nSPS) is 9.92. The fourth-order valence-corrected chi connectivity index (χ4v) is 13.5. The molecule has 0 heterocycles. The molecule has 0 aromatic heterocycles. The van der Waals surface area contributed by atoms with Crippen LogP contribution >= 0.6 is 23.8 Å². The summed E-state index contributed by atoms with van der Waals surface area (Å²) in [6.45, 7) is 4.50. The first-order valence-electron chi connectivity index (χ1n) is 19.4. The van der Waals surface area contributed by atoms with E-state index in [1.807, 2.05) is 0 Å². The summed E-state index contributed by atoms with van der Waals surface area (Å²) in [5, 5.41) is 12.6. The van der Waals surface area contributed by atoms with Gasteiger partial charge < -0.3 is 13.8 Å². The number of hydrogen-bond donors (Lipinski definition) is 0. The Kier molecular flexibility index (Phi) is 22.1. The Morgan fingerprint density at radius 2 is 0.295 bits per heavy atom. The first-order valence-corrected chi connectivity index (χ1v) is 23.4. The van der Waals surface area contributed by atoms with E-state index in [1.54, 1.807) is 0 Å². The van der Waals surface area contributed by atoms with E-state index in [-0.39, 0.29) is 33.3 Å². The molecule has 0 aliphatic carbocycles. The van der Waals surface area contributed by atoms with Crippen LogP contribution in [-0.4, -0.2) is 0 Å². The van der Waals surface area contributed by atoms with Crippen LogP contribution in [0, 0.1) is 6.65 Å². The molecule has 1 nitrogen and oxygen atoms in total. The molecular weight excluding hydrogens is 906 g/mol. The van der Waals surface area contributed by atoms with Crippen molar-refractivity contribution < 1.29 is 38.0 Å². The molecule has 302 valence electrons. The predicted octanol–water partition coefficient (Wildman–Crippen LogP) is 7.41.